The molecular formula is C61H35N5O3. The van der Waals surface area contributed by atoms with Crippen molar-refractivity contribution in [3.63, 3.8) is 0 Å². The highest BCUT2D eigenvalue weighted by Crippen LogP contribution is 2.43. The lowest BCUT2D eigenvalue weighted by atomic mass is 10.0. The van der Waals surface area contributed by atoms with Crippen molar-refractivity contribution in [2.75, 3.05) is 9.80 Å². The normalized spacial score (nSPS) is 12.1. The molecule has 4 aromatic heterocycles. The van der Waals surface area contributed by atoms with Gasteiger partial charge in [0.25, 0.3) is 11.7 Å². The van der Waals surface area contributed by atoms with Crippen molar-refractivity contribution in [1.82, 2.24) is 15.2 Å². The Morgan fingerprint density at radius 2 is 0.667 bits per heavy atom. The summed E-state index contributed by atoms with van der Waals surface area (Å²) in [6.45, 7) is 0. The van der Waals surface area contributed by atoms with Gasteiger partial charge in [0.2, 0.25) is 0 Å². The van der Waals surface area contributed by atoms with Crippen molar-refractivity contribution in [1.29, 1.82) is 0 Å². The largest absolute Gasteiger partial charge is 0.456 e. The molecule has 0 spiro atoms. The van der Waals surface area contributed by atoms with E-state index in [1.54, 1.807) is 0 Å². The molecule has 0 saturated carbocycles. The first kappa shape index (κ1) is 37.7. The van der Waals surface area contributed by atoms with Gasteiger partial charge in [-0.05, 0) is 140 Å². The summed E-state index contributed by atoms with van der Waals surface area (Å²) in [7, 11) is 0. The SMILES string of the molecule is c1ccc2cc3cc(N(c4ccc5c(c4)oc4ccccc45)c4ccc5c(c4)oc4nc(N(c6ccc7cc8ccccc8cc7c6)c6ccc7c(c6)oc6ccccc67)nnc45)ccc3cc2c1. The van der Waals surface area contributed by atoms with Gasteiger partial charge < -0.3 is 18.2 Å². The number of hydrogen-bond donors (Lipinski definition) is 0. The third-order valence-corrected chi connectivity index (χ3v) is 13.7. The zero-order chi connectivity index (χ0) is 45.2. The van der Waals surface area contributed by atoms with Crippen LogP contribution in [0.15, 0.2) is 226 Å². The molecule has 0 unspecified atom stereocenters. The molecule has 0 fully saturated rings. The maximum Gasteiger partial charge on any atom is 0.257 e. The van der Waals surface area contributed by atoms with E-state index in [2.05, 4.69) is 175 Å². The van der Waals surface area contributed by atoms with Crippen LogP contribution < -0.4 is 9.80 Å². The molecule has 8 nitrogen and oxygen atoms in total. The van der Waals surface area contributed by atoms with Crippen LogP contribution in [0.2, 0.25) is 0 Å². The molecule has 0 aliphatic heterocycles. The number of rotatable bonds is 6. The van der Waals surface area contributed by atoms with E-state index >= 15 is 0 Å². The Morgan fingerprint density at radius 3 is 1.22 bits per heavy atom. The molecule has 15 rings (SSSR count). The lowest BCUT2D eigenvalue weighted by molar-refractivity contribution is 0.650. The van der Waals surface area contributed by atoms with Gasteiger partial charge in [-0.15, -0.1) is 10.2 Å². The molecule has 0 atom stereocenters. The topological polar surface area (TPSA) is 84.6 Å². The standard InChI is InChI=1S/C61H35N5O3/c1-3-11-38-29-42-31-44(19-17-40(42)27-36(38)9-1)65(46-21-24-51-49-13-5-7-15-54(49)67-56(51)33-46)47-23-26-53-58(34-47)69-60-59(53)63-64-61(62-60)66(48-22-25-52-50-14-6-8-16-55(50)68-57(52)35-48)45-20-18-41-28-37-10-2-4-12-39(37)30-43(41)32-45/h1-35H. The fourth-order valence-corrected chi connectivity index (χ4v) is 10.3. The molecule has 0 aliphatic carbocycles. The van der Waals surface area contributed by atoms with E-state index < -0.39 is 0 Å². The maximum absolute atomic E-state index is 6.73. The summed E-state index contributed by atoms with van der Waals surface area (Å²) in [6, 6.07) is 74.1. The van der Waals surface area contributed by atoms with Crippen molar-refractivity contribution in [2.45, 2.75) is 0 Å². The predicted molar refractivity (Wildman–Crippen MR) is 281 cm³/mol. The number of benzene rings is 11. The fraction of sp³-hybridized carbons (Fsp3) is 0. The van der Waals surface area contributed by atoms with Crippen LogP contribution in [0.4, 0.5) is 34.4 Å². The second-order valence-corrected chi connectivity index (χ2v) is 17.7. The Labute approximate surface area is 392 Å². The molecule has 15 aromatic rings. The van der Waals surface area contributed by atoms with Crippen LogP contribution in [0, 0.1) is 0 Å². The maximum atomic E-state index is 6.73. The van der Waals surface area contributed by atoms with Crippen LogP contribution in [-0.4, -0.2) is 15.2 Å². The molecule has 0 saturated heterocycles. The van der Waals surface area contributed by atoms with Crippen LogP contribution in [-0.2, 0) is 0 Å². The first-order valence-corrected chi connectivity index (χ1v) is 23.0. The summed E-state index contributed by atoms with van der Waals surface area (Å²) in [6.07, 6.45) is 0. The van der Waals surface area contributed by atoms with Gasteiger partial charge in [-0.25, -0.2) is 0 Å². The van der Waals surface area contributed by atoms with Gasteiger partial charge in [0.1, 0.15) is 27.9 Å². The zero-order valence-corrected chi connectivity index (χ0v) is 36.7. The van der Waals surface area contributed by atoms with Crippen LogP contribution in [0.3, 0.4) is 0 Å². The van der Waals surface area contributed by atoms with E-state index in [-0.39, 0.29) is 0 Å². The van der Waals surface area contributed by atoms with Crippen molar-refractivity contribution < 1.29 is 13.3 Å². The molecule has 11 aromatic carbocycles. The van der Waals surface area contributed by atoms with Gasteiger partial charge in [-0.3, -0.25) is 4.90 Å². The summed E-state index contributed by atoms with van der Waals surface area (Å²) < 4.78 is 19.6. The third kappa shape index (κ3) is 5.99. The molecule has 4 heterocycles. The molecule has 0 N–H and O–H groups in total. The Morgan fingerprint density at radius 1 is 0.275 bits per heavy atom. The number of aromatic nitrogens is 3. The number of furan rings is 3. The van der Waals surface area contributed by atoms with Crippen molar-refractivity contribution in [2.24, 2.45) is 0 Å². The van der Waals surface area contributed by atoms with Gasteiger partial charge >= 0.3 is 0 Å². The molecule has 322 valence electrons. The van der Waals surface area contributed by atoms with Gasteiger partial charge in [0.05, 0.1) is 11.1 Å². The Bertz CT molecular complexity index is 4320. The smallest absolute Gasteiger partial charge is 0.257 e. The van der Waals surface area contributed by atoms with E-state index in [1.165, 1.54) is 26.9 Å². The monoisotopic (exact) mass is 885 g/mol. The lowest BCUT2D eigenvalue weighted by Gasteiger charge is -2.26. The van der Waals surface area contributed by atoms with E-state index in [4.69, 9.17) is 28.4 Å². The van der Waals surface area contributed by atoms with E-state index in [0.717, 1.165) is 93.9 Å². The summed E-state index contributed by atoms with van der Waals surface area (Å²) in [5, 5.41) is 24.0. The van der Waals surface area contributed by atoms with Gasteiger partial charge in [-0.1, -0.05) is 97.1 Å². The molecular weight excluding hydrogens is 851 g/mol. The zero-order valence-electron chi connectivity index (χ0n) is 36.7. The first-order valence-electron chi connectivity index (χ1n) is 23.0. The minimum atomic E-state index is 0.363. The molecule has 0 aliphatic rings. The summed E-state index contributed by atoms with van der Waals surface area (Å²) in [5.41, 5.74) is 9.37. The second-order valence-electron chi connectivity index (χ2n) is 17.7. The highest BCUT2D eigenvalue weighted by Gasteiger charge is 2.23. The van der Waals surface area contributed by atoms with E-state index in [0.29, 0.717) is 22.8 Å². The second kappa shape index (κ2) is 14.5. The fourth-order valence-electron chi connectivity index (χ4n) is 10.3. The molecule has 0 amide bonds. The summed E-state index contributed by atoms with van der Waals surface area (Å²) >= 11 is 0. The number of fused-ring (bicyclic) bond motifs is 13. The van der Waals surface area contributed by atoms with Gasteiger partial charge in [-0.2, -0.15) is 4.98 Å². The van der Waals surface area contributed by atoms with Crippen molar-refractivity contribution in [3.8, 4) is 0 Å². The number of para-hydroxylation sites is 2. The lowest BCUT2D eigenvalue weighted by Crippen LogP contribution is -2.14. The Hall–Kier alpha value is -9.53. The Kier molecular flexibility index (Phi) is 7.91. The van der Waals surface area contributed by atoms with Gasteiger partial charge in [0.15, 0.2) is 5.52 Å². The highest BCUT2D eigenvalue weighted by molar-refractivity contribution is 6.09. The van der Waals surface area contributed by atoms with E-state index in [1.807, 2.05) is 47.4 Å². The first-order chi connectivity index (χ1) is 34.1. The Balaban J connectivity index is 0.887. The van der Waals surface area contributed by atoms with Crippen LogP contribution in [0.1, 0.15) is 0 Å². The summed E-state index contributed by atoms with van der Waals surface area (Å²) in [5.74, 6) is 0.363. The minimum absolute atomic E-state index is 0.363. The van der Waals surface area contributed by atoms with E-state index in [9.17, 15) is 0 Å². The molecule has 0 bridgehead atoms. The molecule has 8 heteroatoms. The average molecular weight is 886 g/mol. The van der Waals surface area contributed by atoms with Gasteiger partial charge in [0, 0.05) is 62.5 Å². The average Bonchev–Trinajstić information content (AvgIpc) is 4.08. The van der Waals surface area contributed by atoms with Crippen LogP contribution in [0.5, 0.6) is 0 Å². The summed E-state index contributed by atoms with van der Waals surface area (Å²) in [4.78, 5) is 9.42. The van der Waals surface area contributed by atoms with Crippen LogP contribution >= 0.6 is 0 Å². The number of nitrogens with zero attached hydrogens (tertiary/aromatic N) is 5. The van der Waals surface area contributed by atoms with Crippen LogP contribution in [0.25, 0.3) is 109 Å². The number of anilines is 6. The minimum Gasteiger partial charge on any atom is -0.456 e. The molecule has 69 heavy (non-hydrogen) atoms. The molecule has 0 radical (unpaired) electrons. The quantitative estimate of drug-likeness (QED) is 0.153. The van der Waals surface area contributed by atoms with Crippen molar-refractivity contribution >= 4 is 144 Å². The predicted octanol–water partition coefficient (Wildman–Crippen LogP) is 17.1. The van der Waals surface area contributed by atoms with Crippen molar-refractivity contribution in [3.05, 3.63) is 212 Å². The highest BCUT2D eigenvalue weighted by atomic mass is 16.3. The third-order valence-electron chi connectivity index (χ3n) is 13.7. The number of hydrogen-bond acceptors (Lipinski definition) is 8.